The molecule has 0 bridgehead atoms. The minimum absolute atomic E-state index is 0.00371. The molecule has 0 aliphatic carbocycles. The average molecular weight is 974 g/mol. The van der Waals surface area contributed by atoms with E-state index in [1.807, 2.05) is 0 Å². The van der Waals surface area contributed by atoms with Crippen molar-refractivity contribution in [3.05, 3.63) is 52.8 Å². The molecule has 0 aliphatic rings. The summed E-state index contributed by atoms with van der Waals surface area (Å²) in [5, 5.41) is 34.2. The molecule has 14 N–H and O–H groups in total. The predicted molar refractivity (Wildman–Crippen MR) is 219 cm³/mol. The molecule has 57 heavy (non-hydrogen) atoms. The Balaban J connectivity index is 2.02. The number of nitrogens with one attached hydrogen (secondary N) is 8. The first-order valence-corrected chi connectivity index (χ1v) is 20.0. The van der Waals surface area contributed by atoms with Crippen LogP contribution in [0.15, 0.2) is 45.3 Å². The number of nitrogens with zero attached hydrogens (tertiary/aromatic N) is 2. The van der Waals surface area contributed by atoms with Gasteiger partial charge in [-0.1, -0.05) is 11.8 Å². The Bertz CT molecular complexity index is 1850. The van der Waals surface area contributed by atoms with Gasteiger partial charge in [0, 0.05) is 80.9 Å². The Labute approximate surface area is 348 Å². The van der Waals surface area contributed by atoms with Crippen molar-refractivity contribution < 1.29 is 41.0 Å². The third-order valence-electron chi connectivity index (χ3n) is 6.88. The Morgan fingerprint density at radius 3 is 1.44 bits per heavy atom. The van der Waals surface area contributed by atoms with Crippen molar-refractivity contribution in [2.75, 3.05) is 61.7 Å². The van der Waals surface area contributed by atoms with E-state index >= 15 is 0 Å². The van der Waals surface area contributed by atoms with Crippen LogP contribution in [0.25, 0.3) is 0 Å². The van der Waals surface area contributed by atoms with Gasteiger partial charge in [0.25, 0.3) is 11.8 Å². The Kier molecular flexibility index (Phi) is 17.3. The third-order valence-corrected chi connectivity index (χ3v) is 10.4. The van der Waals surface area contributed by atoms with Crippen LogP contribution >= 0.6 is 57.9 Å². The highest BCUT2D eigenvalue weighted by Crippen LogP contribution is 2.45. The maximum Gasteiger partial charge on any atom is 0.417 e. The van der Waals surface area contributed by atoms with Crippen molar-refractivity contribution in [3.63, 3.8) is 0 Å². The molecular formula is C31H37F5IN13O4S3. The summed E-state index contributed by atoms with van der Waals surface area (Å²) in [4.78, 5) is 35.6. The number of anilines is 2. The van der Waals surface area contributed by atoms with Gasteiger partial charge in [0.05, 0.1) is 31.2 Å². The van der Waals surface area contributed by atoms with E-state index in [0.29, 0.717) is 6.07 Å². The van der Waals surface area contributed by atoms with Crippen molar-refractivity contribution in [2.45, 2.75) is 25.1 Å². The van der Waals surface area contributed by atoms with Crippen molar-refractivity contribution in [3.8, 4) is 11.5 Å². The second kappa shape index (κ2) is 21.2. The van der Waals surface area contributed by atoms with Crippen LogP contribution in [0.4, 0.5) is 33.3 Å². The zero-order chi connectivity index (χ0) is 42.5. The summed E-state index contributed by atoms with van der Waals surface area (Å²) in [5.41, 5.74) is 12.8. The van der Waals surface area contributed by atoms with Crippen molar-refractivity contribution in [1.29, 1.82) is 16.2 Å². The van der Waals surface area contributed by atoms with Gasteiger partial charge in [0.2, 0.25) is 0 Å². The number of alkyl halides is 6. The molecule has 0 atom stereocenters. The molecule has 0 spiro atoms. The highest BCUT2D eigenvalue weighted by Gasteiger charge is 2.36. The molecule has 0 saturated carbocycles. The number of halogens is 6. The minimum Gasteiger partial charge on any atom is -0.495 e. The second-order valence-electron chi connectivity index (χ2n) is 11.0. The van der Waals surface area contributed by atoms with Crippen LogP contribution in [0, 0.1) is 16.2 Å². The molecule has 2 aromatic carbocycles. The van der Waals surface area contributed by atoms with Crippen LogP contribution in [-0.2, 0) is 10.1 Å². The van der Waals surface area contributed by atoms with E-state index in [9.17, 15) is 31.5 Å². The topological polar surface area (TPSA) is 288 Å². The van der Waals surface area contributed by atoms with Gasteiger partial charge in [-0.15, -0.1) is 23.5 Å². The number of nitrogens with two attached hydrogens (primary N) is 3. The van der Waals surface area contributed by atoms with E-state index in [2.05, 4.69) is 36.6 Å². The van der Waals surface area contributed by atoms with Crippen LogP contribution in [-0.4, -0.2) is 90.8 Å². The Morgan fingerprint density at radius 1 is 0.684 bits per heavy atom. The number of rotatable bonds is 19. The number of thioether (sulfide) groups is 3. The number of carbonyl (C=O) groups is 2. The fourth-order valence-electron chi connectivity index (χ4n) is 4.45. The number of hydrogen-bond donors (Lipinski definition) is 11. The molecule has 0 unspecified atom stereocenters. The molecular weight excluding hydrogens is 937 g/mol. The molecule has 3 aromatic rings. The fourth-order valence-corrected chi connectivity index (χ4v) is 7.70. The average Bonchev–Trinajstić information content (AvgIpc) is 3.12. The van der Waals surface area contributed by atoms with E-state index in [-0.39, 0.29) is 92.6 Å². The SMILES string of the molecule is COc1cc(SCCNC(=N)N)c(C(F)(F)F)cc1NC(=O)c1cc(C(=O)Nc2cc(C(F)(F)I)c(SCCNC(=N)N)cc2OC)nc(SCCNC(=N)N)n1. The maximum absolute atomic E-state index is 14.8. The molecule has 17 nitrogen and oxygen atoms in total. The fraction of sp³-hybridized carbons (Fsp3) is 0.323. The standard InChI is InChI=1S/C31H37F5IN13O4S3/c1-53-20-12-22(55-6-3-44-26(38)39)14(30(32,33)34)9-16(20)47-24(51)18-11-19(50-29(49-18)57-8-5-46-28(42)43)25(52)48-17-10-15(31(35,36)37)23(13-21(17)54-2)56-7-4-45-27(40)41/h9-13H,3-8H2,1-2H3,(H,47,51)(H,48,52)(H4,38,39,44)(H4,40,41,45)(H4,42,43,46). The van der Waals surface area contributed by atoms with Gasteiger partial charge >= 0.3 is 10.1 Å². The maximum atomic E-state index is 14.8. The first kappa shape index (κ1) is 46.7. The van der Waals surface area contributed by atoms with E-state index in [0.717, 1.165) is 76.1 Å². The second-order valence-corrected chi connectivity index (χ2v) is 15.7. The van der Waals surface area contributed by atoms with E-state index in [4.69, 9.17) is 42.9 Å². The van der Waals surface area contributed by atoms with Gasteiger partial charge in [-0.2, -0.15) is 22.0 Å². The molecule has 0 saturated heterocycles. The molecule has 0 aliphatic heterocycles. The Morgan fingerprint density at radius 2 is 1.07 bits per heavy atom. The molecule has 310 valence electrons. The monoisotopic (exact) mass is 973 g/mol. The van der Waals surface area contributed by atoms with Crippen molar-refractivity contribution in [2.24, 2.45) is 17.2 Å². The number of aromatic nitrogens is 2. The number of carbonyl (C=O) groups excluding carboxylic acids is 2. The number of methoxy groups -OCH3 is 2. The molecule has 3 rings (SSSR count). The molecule has 0 radical (unpaired) electrons. The largest absolute Gasteiger partial charge is 0.495 e. The summed E-state index contributed by atoms with van der Waals surface area (Å²) in [6, 6.07) is 5.05. The molecule has 1 aromatic heterocycles. The smallest absolute Gasteiger partial charge is 0.417 e. The molecule has 0 fully saturated rings. The van der Waals surface area contributed by atoms with Crippen molar-refractivity contribution >= 4 is 98.9 Å². The lowest BCUT2D eigenvalue weighted by atomic mass is 10.1. The number of benzene rings is 2. The number of ether oxygens (including phenoxy) is 2. The highest BCUT2D eigenvalue weighted by atomic mass is 127. The van der Waals surface area contributed by atoms with Crippen LogP contribution in [0.1, 0.15) is 32.1 Å². The summed E-state index contributed by atoms with van der Waals surface area (Å²) in [7, 11) is 2.44. The summed E-state index contributed by atoms with van der Waals surface area (Å²) in [5.74, 6) is -2.62. The molecule has 1 heterocycles. The van der Waals surface area contributed by atoms with E-state index in [1.54, 1.807) is 0 Å². The van der Waals surface area contributed by atoms with Gasteiger partial charge in [-0.05, 0) is 24.3 Å². The van der Waals surface area contributed by atoms with Crippen molar-refractivity contribution in [1.82, 2.24) is 25.9 Å². The zero-order valence-electron chi connectivity index (χ0n) is 29.9. The quantitative estimate of drug-likeness (QED) is 0.0117. The van der Waals surface area contributed by atoms with Gasteiger partial charge in [0.15, 0.2) is 23.0 Å². The van der Waals surface area contributed by atoms with Gasteiger partial charge < -0.3 is 53.3 Å². The number of hydrogen-bond acceptors (Lipinski definition) is 12. The normalized spacial score (nSPS) is 11.3. The lowest BCUT2D eigenvalue weighted by Gasteiger charge is -2.19. The van der Waals surface area contributed by atoms with Crippen LogP contribution in [0.3, 0.4) is 0 Å². The number of guanidine groups is 3. The zero-order valence-corrected chi connectivity index (χ0v) is 34.5. The predicted octanol–water partition coefficient (Wildman–Crippen LogP) is 4.23. The summed E-state index contributed by atoms with van der Waals surface area (Å²) in [6.07, 6.45) is -4.86. The summed E-state index contributed by atoms with van der Waals surface area (Å²) in [6.45, 7) is 0.439. The van der Waals surface area contributed by atoms with Gasteiger partial charge in [-0.25, -0.2) is 9.97 Å². The lowest BCUT2D eigenvalue weighted by molar-refractivity contribution is -0.139. The molecule has 26 heteroatoms. The Hall–Kier alpha value is -4.70. The highest BCUT2D eigenvalue weighted by molar-refractivity contribution is 14.1. The lowest BCUT2D eigenvalue weighted by Crippen LogP contribution is -2.31. The van der Waals surface area contributed by atoms with Crippen LogP contribution in [0.2, 0.25) is 0 Å². The minimum atomic E-state index is -4.86. The van der Waals surface area contributed by atoms with E-state index in [1.165, 1.54) is 20.3 Å². The van der Waals surface area contributed by atoms with Crippen LogP contribution < -0.4 is 53.3 Å². The van der Waals surface area contributed by atoms with Gasteiger partial charge in [-0.3, -0.25) is 25.8 Å². The van der Waals surface area contributed by atoms with Crippen LogP contribution in [0.5, 0.6) is 11.5 Å². The first-order chi connectivity index (χ1) is 26.7. The van der Waals surface area contributed by atoms with Gasteiger partial charge in [0.1, 0.15) is 22.9 Å². The summed E-state index contributed by atoms with van der Waals surface area (Å²) >= 11 is 3.72. The van der Waals surface area contributed by atoms with E-state index < -0.39 is 44.4 Å². The first-order valence-electron chi connectivity index (χ1n) is 16.0. The number of amides is 2. The summed E-state index contributed by atoms with van der Waals surface area (Å²) < 4.78 is 79.5. The molecule has 2 amide bonds. The third kappa shape index (κ3) is 14.6.